The highest BCUT2D eigenvalue weighted by molar-refractivity contribution is 6.51. The lowest BCUT2D eigenvalue weighted by Gasteiger charge is -2.32. The average Bonchev–Trinajstić information content (AvgIpc) is 2.61. The average molecular weight is 220 g/mol. The van der Waals surface area contributed by atoms with E-state index in [0.717, 1.165) is 12.8 Å². The molecule has 5 heteroatoms. The molecule has 0 aromatic carbocycles. The number of halogens is 1. The fourth-order valence-electron chi connectivity index (χ4n) is 1.46. The summed E-state index contributed by atoms with van der Waals surface area (Å²) < 4.78 is 11.7. The van der Waals surface area contributed by atoms with Crippen LogP contribution in [0.3, 0.4) is 0 Å². The molecular weight excluding hydrogens is 200 g/mol. The molecule has 1 saturated heterocycles. The topological polar surface area (TPSA) is 44.5 Å². The van der Waals surface area contributed by atoms with Crippen LogP contribution in [0.4, 0.5) is 0 Å². The molecule has 2 N–H and O–H groups in total. The SMILES string of the molecule is CC1(C)OB(C2(N)CC2)OC1(C)C.Cl. The van der Waals surface area contributed by atoms with E-state index in [1.807, 2.05) is 0 Å². The number of rotatable bonds is 1. The van der Waals surface area contributed by atoms with Gasteiger partial charge < -0.3 is 15.0 Å². The van der Waals surface area contributed by atoms with Gasteiger partial charge in [0.2, 0.25) is 0 Å². The first kappa shape index (κ1) is 12.3. The third-order valence-electron chi connectivity index (χ3n) is 3.55. The first-order chi connectivity index (χ1) is 5.77. The molecule has 0 spiro atoms. The molecule has 0 aromatic rings. The van der Waals surface area contributed by atoms with Gasteiger partial charge in [-0.1, -0.05) is 0 Å². The van der Waals surface area contributed by atoms with Crippen molar-refractivity contribution < 1.29 is 9.31 Å². The van der Waals surface area contributed by atoms with Crippen molar-refractivity contribution in [1.29, 1.82) is 0 Å². The number of hydrogen-bond acceptors (Lipinski definition) is 3. The Morgan fingerprint density at radius 2 is 1.36 bits per heavy atom. The lowest BCUT2D eigenvalue weighted by molar-refractivity contribution is 0.00578. The van der Waals surface area contributed by atoms with E-state index in [1.54, 1.807) is 0 Å². The molecular formula is C9H19BClNO2. The highest BCUT2D eigenvalue weighted by atomic mass is 35.5. The lowest BCUT2D eigenvalue weighted by Crippen LogP contribution is -2.43. The molecule has 2 rings (SSSR count). The smallest absolute Gasteiger partial charge is 0.402 e. The third-order valence-corrected chi connectivity index (χ3v) is 3.55. The maximum atomic E-state index is 6.04. The van der Waals surface area contributed by atoms with Gasteiger partial charge in [0.25, 0.3) is 0 Å². The van der Waals surface area contributed by atoms with Crippen LogP contribution in [0.2, 0.25) is 0 Å². The van der Waals surface area contributed by atoms with Gasteiger partial charge in [-0.2, -0.15) is 0 Å². The van der Waals surface area contributed by atoms with Crippen LogP contribution in [0.5, 0.6) is 0 Å². The van der Waals surface area contributed by atoms with Crippen LogP contribution in [0.1, 0.15) is 40.5 Å². The van der Waals surface area contributed by atoms with Crippen LogP contribution in [0.25, 0.3) is 0 Å². The number of hydrogen-bond donors (Lipinski definition) is 1. The Bertz CT molecular complexity index is 225. The minimum absolute atomic E-state index is 0. The lowest BCUT2D eigenvalue weighted by atomic mass is 9.76. The second kappa shape index (κ2) is 3.11. The van der Waals surface area contributed by atoms with Gasteiger partial charge in [0.15, 0.2) is 0 Å². The Morgan fingerprint density at radius 3 is 1.64 bits per heavy atom. The van der Waals surface area contributed by atoms with Gasteiger partial charge in [0, 0.05) is 0 Å². The molecule has 82 valence electrons. The van der Waals surface area contributed by atoms with Crippen LogP contribution in [-0.4, -0.2) is 23.8 Å². The molecule has 0 bridgehead atoms. The van der Waals surface area contributed by atoms with Gasteiger partial charge in [0.05, 0.1) is 16.6 Å². The molecule has 0 atom stereocenters. The fourth-order valence-corrected chi connectivity index (χ4v) is 1.46. The van der Waals surface area contributed by atoms with Crippen molar-refractivity contribution in [2.75, 3.05) is 0 Å². The summed E-state index contributed by atoms with van der Waals surface area (Å²) in [6.07, 6.45) is 2.04. The molecule has 14 heavy (non-hydrogen) atoms. The summed E-state index contributed by atoms with van der Waals surface area (Å²) in [4.78, 5) is 0. The quantitative estimate of drug-likeness (QED) is 0.680. The van der Waals surface area contributed by atoms with Crippen molar-refractivity contribution in [3.05, 3.63) is 0 Å². The first-order valence-corrected chi connectivity index (χ1v) is 4.91. The molecule has 1 heterocycles. The van der Waals surface area contributed by atoms with Crippen LogP contribution >= 0.6 is 12.4 Å². The van der Waals surface area contributed by atoms with E-state index < -0.39 is 0 Å². The van der Waals surface area contributed by atoms with Gasteiger partial charge in [-0.05, 0) is 40.5 Å². The summed E-state index contributed by atoms with van der Waals surface area (Å²) in [5.74, 6) is 0. The monoisotopic (exact) mass is 219 g/mol. The van der Waals surface area contributed by atoms with Crippen molar-refractivity contribution in [2.24, 2.45) is 5.73 Å². The Morgan fingerprint density at radius 1 is 1.00 bits per heavy atom. The molecule has 0 aromatic heterocycles. The van der Waals surface area contributed by atoms with Crippen molar-refractivity contribution in [2.45, 2.75) is 57.2 Å². The normalized spacial score (nSPS) is 31.1. The Labute approximate surface area is 92.3 Å². The molecule has 3 nitrogen and oxygen atoms in total. The summed E-state index contributed by atoms with van der Waals surface area (Å²) in [6, 6.07) is 0. The zero-order valence-electron chi connectivity index (χ0n) is 9.29. The Kier molecular flexibility index (Phi) is 2.73. The van der Waals surface area contributed by atoms with E-state index in [-0.39, 0.29) is 36.2 Å². The molecule has 2 aliphatic rings. The molecule has 1 aliphatic heterocycles. The van der Waals surface area contributed by atoms with Crippen LogP contribution in [0, 0.1) is 0 Å². The van der Waals surface area contributed by atoms with Crippen molar-refractivity contribution in [1.82, 2.24) is 0 Å². The summed E-state index contributed by atoms with van der Waals surface area (Å²) in [6.45, 7) is 8.22. The minimum atomic E-state index is -0.243. The van der Waals surface area contributed by atoms with Gasteiger partial charge in [-0.3, -0.25) is 0 Å². The highest BCUT2D eigenvalue weighted by Gasteiger charge is 2.62. The molecule has 0 unspecified atom stereocenters. The summed E-state index contributed by atoms with van der Waals surface area (Å²) >= 11 is 0. The predicted octanol–water partition coefficient (Wildman–Crippen LogP) is 1.53. The second-order valence-electron chi connectivity index (χ2n) is 5.32. The molecule has 1 saturated carbocycles. The predicted molar refractivity (Wildman–Crippen MR) is 59.5 cm³/mol. The highest BCUT2D eigenvalue weighted by Crippen LogP contribution is 2.45. The van der Waals surface area contributed by atoms with Crippen molar-refractivity contribution >= 4 is 19.5 Å². The van der Waals surface area contributed by atoms with Gasteiger partial charge in [0.1, 0.15) is 0 Å². The Balaban J connectivity index is 0.000000980. The van der Waals surface area contributed by atoms with Gasteiger partial charge in [-0.15, -0.1) is 12.4 Å². The van der Waals surface area contributed by atoms with Crippen molar-refractivity contribution in [3.8, 4) is 0 Å². The fraction of sp³-hybridized carbons (Fsp3) is 1.00. The van der Waals surface area contributed by atoms with Crippen LogP contribution < -0.4 is 5.73 Å². The largest absolute Gasteiger partial charge is 0.479 e. The maximum absolute atomic E-state index is 6.04. The van der Waals surface area contributed by atoms with Crippen LogP contribution in [0.15, 0.2) is 0 Å². The standard InChI is InChI=1S/C9H18BNO2.ClH/c1-7(2)8(3,4)13-10(12-7)9(11)5-6-9;/h5-6,11H2,1-4H3;1H. The van der Waals surface area contributed by atoms with Crippen LogP contribution in [-0.2, 0) is 9.31 Å². The van der Waals surface area contributed by atoms with Crippen molar-refractivity contribution in [3.63, 3.8) is 0 Å². The summed E-state index contributed by atoms with van der Waals surface area (Å²) in [7, 11) is -0.211. The zero-order chi connectivity index (χ0) is 9.91. The van der Waals surface area contributed by atoms with Gasteiger partial charge in [-0.25, -0.2) is 0 Å². The second-order valence-corrected chi connectivity index (χ2v) is 5.32. The molecule has 1 aliphatic carbocycles. The maximum Gasteiger partial charge on any atom is 0.479 e. The summed E-state index contributed by atoms with van der Waals surface area (Å²) in [5, 5.41) is 0. The molecule has 0 amide bonds. The summed E-state index contributed by atoms with van der Waals surface area (Å²) in [5.41, 5.74) is 5.35. The number of nitrogens with two attached hydrogens (primary N) is 1. The molecule has 0 radical (unpaired) electrons. The third kappa shape index (κ3) is 1.69. The van der Waals surface area contributed by atoms with Gasteiger partial charge >= 0.3 is 7.12 Å². The first-order valence-electron chi connectivity index (χ1n) is 4.91. The van der Waals surface area contributed by atoms with E-state index in [0.29, 0.717) is 0 Å². The van der Waals surface area contributed by atoms with E-state index >= 15 is 0 Å². The van der Waals surface area contributed by atoms with E-state index in [2.05, 4.69) is 27.7 Å². The zero-order valence-corrected chi connectivity index (χ0v) is 10.1. The van der Waals surface area contributed by atoms with E-state index in [9.17, 15) is 0 Å². The minimum Gasteiger partial charge on any atom is -0.402 e. The van der Waals surface area contributed by atoms with E-state index in [4.69, 9.17) is 15.0 Å². The van der Waals surface area contributed by atoms with E-state index in [1.165, 1.54) is 0 Å². The molecule has 2 fully saturated rings. The Hall–Kier alpha value is 0.235.